The highest BCUT2D eigenvalue weighted by Gasteiger charge is 2.32. The molecule has 3 aromatic heterocycles. The second-order valence-corrected chi connectivity index (χ2v) is 8.72. The van der Waals surface area contributed by atoms with Crippen LogP contribution in [0.2, 0.25) is 0 Å². The topological polar surface area (TPSA) is 130 Å². The number of ether oxygens (including phenoxy) is 3. The van der Waals surface area contributed by atoms with Gasteiger partial charge in [-0.1, -0.05) is 12.1 Å². The number of sulfonamides is 1. The Bertz CT molecular complexity index is 1480. The number of para-hydroxylation sites is 1. The monoisotopic (exact) mass is 510 g/mol. The second-order valence-electron chi connectivity index (χ2n) is 6.97. The Hall–Kier alpha value is -4.14. The first-order valence-corrected chi connectivity index (χ1v) is 11.6. The van der Waals surface area contributed by atoms with Gasteiger partial charge in [0.05, 0.1) is 26.7 Å². The summed E-state index contributed by atoms with van der Waals surface area (Å²) in [5, 5.41) is 0. The molecule has 1 aromatic carbocycles. The average Bonchev–Trinajstić information content (AvgIpc) is 3.14. The second kappa shape index (κ2) is 8.90. The third-order valence-corrected chi connectivity index (χ3v) is 5.04. The van der Waals surface area contributed by atoms with Crippen LogP contribution in [-0.2, 0) is 10.0 Å². The number of nitrogens with one attached hydrogen (secondary N) is 1. The number of halogens is 3. The molecule has 0 saturated heterocycles. The number of imidazole rings is 1. The number of rotatable bonds is 7. The fourth-order valence-electron chi connectivity index (χ4n) is 3.24. The van der Waals surface area contributed by atoms with Gasteiger partial charge in [-0.2, -0.15) is 0 Å². The van der Waals surface area contributed by atoms with E-state index in [1.54, 1.807) is 18.2 Å². The van der Waals surface area contributed by atoms with Crippen molar-refractivity contribution < 1.29 is 35.8 Å². The minimum Gasteiger partial charge on any atom is -0.494 e. The lowest BCUT2D eigenvalue weighted by atomic mass is 10.2. The molecule has 0 aliphatic carbocycles. The average molecular weight is 510 g/mol. The minimum atomic E-state index is -4.95. The summed E-state index contributed by atoms with van der Waals surface area (Å²) in [7, 11) is -0.860. The van der Waals surface area contributed by atoms with Gasteiger partial charge in [-0.15, -0.1) is 13.2 Å². The standard InChI is InChI=1S/C20H17F3N6O5S/c1-32-12-7-5-8-13(33-2)16(12)29-18(11-6-4-9-15(25-11)34-20(21,22)23)27-17-19(29)26-14(10-24-17)28-35(3,30)31/h4-10H,1-3H3,(H,26,28). The van der Waals surface area contributed by atoms with Crippen LogP contribution in [0.3, 0.4) is 0 Å². The summed E-state index contributed by atoms with van der Waals surface area (Å²) in [6.45, 7) is 0. The van der Waals surface area contributed by atoms with Crippen LogP contribution in [0.4, 0.5) is 19.0 Å². The van der Waals surface area contributed by atoms with Gasteiger partial charge in [0.25, 0.3) is 0 Å². The molecule has 0 aliphatic heterocycles. The van der Waals surface area contributed by atoms with Crippen LogP contribution in [-0.4, -0.2) is 59.8 Å². The third-order valence-electron chi connectivity index (χ3n) is 4.46. The van der Waals surface area contributed by atoms with Crippen LogP contribution in [0.25, 0.3) is 28.5 Å². The molecule has 0 radical (unpaired) electrons. The van der Waals surface area contributed by atoms with Crippen LogP contribution >= 0.6 is 0 Å². The smallest absolute Gasteiger partial charge is 0.494 e. The Kier molecular flexibility index (Phi) is 6.10. The van der Waals surface area contributed by atoms with Crippen LogP contribution in [0.1, 0.15) is 0 Å². The number of alkyl halides is 3. The van der Waals surface area contributed by atoms with Gasteiger partial charge in [0.2, 0.25) is 15.9 Å². The van der Waals surface area contributed by atoms with Crippen molar-refractivity contribution in [3.05, 3.63) is 42.6 Å². The number of hydrogen-bond acceptors (Lipinski definition) is 9. The van der Waals surface area contributed by atoms with E-state index in [4.69, 9.17) is 9.47 Å². The molecule has 0 bridgehead atoms. The molecular formula is C20H17F3N6O5S. The van der Waals surface area contributed by atoms with Gasteiger partial charge in [-0.25, -0.2) is 28.4 Å². The van der Waals surface area contributed by atoms with Crippen LogP contribution in [0, 0.1) is 0 Å². The van der Waals surface area contributed by atoms with Crippen molar-refractivity contribution in [2.75, 3.05) is 25.2 Å². The molecule has 11 nitrogen and oxygen atoms in total. The highest BCUT2D eigenvalue weighted by molar-refractivity contribution is 7.92. The van der Waals surface area contributed by atoms with Gasteiger partial charge >= 0.3 is 6.36 Å². The van der Waals surface area contributed by atoms with Gasteiger partial charge in [0.1, 0.15) is 22.9 Å². The van der Waals surface area contributed by atoms with E-state index in [0.29, 0.717) is 11.5 Å². The maximum absolute atomic E-state index is 12.8. The predicted molar refractivity (Wildman–Crippen MR) is 118 cm³/mol. The van der Waals surface area contributed by atoms with Crippen molar-refractivity contribution in [3.63, 3.8) is 0 Å². The maximum atomic E-state index is 12.8. The summed E-state index contributed by atoms with van der Waals surface area (Å²) < 4.78 is 80.2. The Balaban J connectivity index is 2.04. The van der Waals surface area contributed by atoms with E-state index >= 15 is 0 Å². The lowest BCUT2D eigenvalue weighted by Crippen LogP contribution is -2.18. The maximum Gasteiger partial charge on any atom is 0.574 e. The van der Waals surface area contributed by atoms with Crippen LogP contribution < -0.4 is 18.9 Å². The van der Waals surface area contributed by atoms with Crippen molar-refractivity contribution in [2.45, 2.75) is 6.36 Å². The summed E-state index contributed by atoms with van der Waals surface area (Å²) in [4.78, 5) is 16.8. The number of anilines is 1. The van der Waals surface area contributed by atoms with Gasteiger partial charge < -0.3 is 14.2 Å². The SMILES string of the molecule is COc1cccc(OC)c1-n1c(-c2cccc(OC(F)(F)F)n2)nc2ncc(NS(C)(=O)=O)nc21. The Labute approximate surface area is 196 Å². The van der Waals surface area contributed by atoms with Crippen molar-refractivity contribution in [2.24, 2.45) is 0 Å². The Morgan fingerprint density at radius 3 is 2.23 bits per heavy atom. The number of fused-ring (bicyclic) bond motifs is 1. The zero-order valence-corrected chi connectivity index (χ0v) is 19.2. The molecule has 0 fully saturated rings. The first-order chi connectivity index (χ1) is 16.5. The molecule has 0 atom stereocenters. The van der Waals surface area contributed by atoms with Gasteiger partial charge in [-0.3, -0.25) is 9.29 Å². The molecule has 15 heteroatoms. The molecule has 0 aliphatic rings. The summed E-state index contributed by atoms with van der Waals surface area (Å²) >= 11 is 0. The number of benzene rings is 1. The summed E-state index contributed by atoms with van der Waals surface area (Å²) in [6.07, 6.45) is -2.85. The molecule has 0 unspecified atom stereocenters. The zero-order chi connectivity index (χ0) is 25.4. The largest absolute Gasteiger partial charge is 0.574 e. The lowest BCUT2D eigenvalue weighted by Gasteiger charge is -2.16. The number of hydrogen-bond donors (Lipinski definition) is 1. The van der Waals surface area contributed by atoms with E-state index in [9.17, 15) is 21.6 Å². The van der Waals surface area contributed by atoms with E-state index in [1.807, 2.05) is 0 Å². The first-order valence-electron chi connectivity index (χ1n) is 9.67. The van der Waals surface area contributed by atoms with Crippen molar-refractivity contribution in [1.82, 2.24) is 24.5 Å². The minimum absolute atomic E-state index is 0.0165. The van der Waals surface area contributed by atoms with Crippen LogP contribution in [0.5, 0.6) is 17.4 Å². The number of pyridine rings is 1. The number of nitrogens with zero attached hydrogens (tertiary/aromatic N) is 5. The first kappa shape index (κ1) is 24.0. The summed E-state index contributed by atoms with van der Waals surface area (Å²) in [5.74, 6) is -0.191. The molecule has 4 aromatic rings. The van der Waals surface area contributed by atoms with Gasteiger partial charge in [-0.05, 0) is 18.2 Å². The quantitative estimate of drug-likeness (QED) is 0.398. The normalized spacial score (nSPS) is 11.9. The molecule has 4 rings (SSSR count). The van der Waals surface area contributed by atoms with Gasteiger partial charge in [0, 0.05) is 6.07 Å². The Morgan fingerprint density at radius 1 is 0.971 bits per heavy atom. The van der Waals surface area contributed by atoms with Crippen molar-refractivity contribution >= 4 is 27.1 Å². The fraction of sp³-hybridized carbons (Fsp3) is 0.200. The molecule has 0 saturated carbocycles. The Morgan fingerprint density at radius 2 is 1.63 bits per heavy atom. The molecule has 0 spiro atoms. The van der Waals surface area contributed by atoms with E-state index in [1.165, 1.54) is 30.9 Å². The molecule has 184 valence electrons. The zero-order valence-electron chi connectivity index (χ0n) is 18.4. The molecule has 3 heterocycles. The molecule has 0 amide bonds. The van der Waals surface area contributed by atoms with Gasteiger partial charge in [0.15, 0.2) is 22.9 Å². The van der Waals surface area contributed by atoms with E-state index in [0.717, 1.165) is 18.5 Å². The number of aromatic nitrogens is 5. The summed E-state index contributed by atoms with van der Waals surface area (Å²) in [6, 6.07) is 8.67. The lowest BCUT2D eigenvalue weighted by molar-refractivity contribution is -0.276. The predicted octanol–water partition coefficient (Wildman–Crippen LogP) is 3.16. The third kappa shape index (κ3) is 5.18. The van der Waals surface area contributed by atoms with Crippen molar-refractivity contribution in [1.29, 1.82) is 0 Å². The van der Waals surface area contributed by atoms with E-state index in [2.05, 4.69) is 29.4 Å². The number of methoxy groups -OCH3 is 2. The molecular weight excluding hydrogens is 493 g/mol. The highest BCUT2D eigenvalue weighted by atomic mass is 32.2. The van der Waals surface area contributed by atoms with E-state index < -0.39 is 22.3 Å². The molecule has 35 heavy (non-hydrogen) atoms. The van der Waals surface area contributed by atoms with Crippen molar-refractivity contribution in [3.8, 4) is 34.6 Å². The van der Waals surface area contributed by atoms with Crippen LogP contribution in [0.15, 0.2) is 42.6 Å². The fourth-order valence-corrected chi connectivity index (χ4v) is 3.72. The summed E-state index contributed by atoms with van der Waals surface area (Å²) in [5.41, 5.74) is 0.373. The highest BCUT2D eigenvalue weighted by Crippen LogP contribution is 2.38. The molecule has 1 N–H and O–H groups in total. The van der Waals surface area contributed by atoms with E-state index in [-0.39, 0.29) is 34.3 Å².